The molecule has 2 aromatic rings. The first-order chi connectivity index (χ1) is 8.22. The zero-order valence-corrected chi connectivity index (χ0v) is 10.2. The number of aryl methyl sites for hydroxylation is 1. The Balaban J connectivity index is 2.02. The first-order valence-corrected chi connectivity index (χ1v) is 6.14. The summed E-state index contributed by atoms with van der Waals surface area (Å²) in [5, 5.41) is 11.3. The Morgan fingerprint density at radius 2 is 2.47 bits per heavy atom. The SMILES string of the molecule is CCc1[nH]nc(C(=O)NCc2cscn2)c1N. The third-order valence-electron chi connectivity index (χ3n) is 2.37. The lowest BCUT2D eigenvalue weighted by Crippen LogP contribution is -2.24. The van der Waals surface area contributed by atoms with Crippen LogP contribution in [0.2, 0.25) is 0 Å². The quantitative estimate of drug-likeness (QED) is 0.753. The van der Waals surface area contributed by atoms with E-state index in [4.69, 9.17) is 5.73 Å². The molecular formula is C10H13N5OS. The molecule has 0 aromatic carbocycles. The van der Waals surface area contributed by atoms with E-state index in [-0.39, 0.29) is 11.6 Å². The summed E-state index contributed by atoms with van der Waals surface area (Å²) in [5.41, 5.74) is 9.79. The van der Waals surface area contributed by atoms with Crippen molar-refractivity contribution in [3.63, 3.8) is 0 Å². The van der Waals surface area contributed by atoms with Gasteiger partial charge in [-0.3, -0.25) is 9.89 Å². The summed E-state index contributed by atoms with van der Waals surface area (Å²) in [4.78, 5) is 15.9. The molecule has 2 rings (SSSR count). The van der Waals surface area contributed by atoms with E-state index in [1.54, 1.807) is 5.51 Å². The second kappa shape index (κ2) is 4.96. The van der Waals surface area contributed by atoms with Gasteiger partial charge in [-0.05, 0) is 6.42 Å². The van der Waals surface area contributed by atoms with Crippen LogP contribution in [-0.4, -0.2) is 21.1 Å². The number of nitrogen functional groups attached to an aromatic ring is 1. The molecule has 17 heavy (non-hydrogen) atoms. The van der Waals surface area contributed by atoms with Gasteiger partial charge in [-0.25, -0.2) is 4.98 Å². The van der Waals surface area contributed by atoms with Crippen molar-refractivity contribution in [3.8, 4) is 0 Å². The van der Waals surface area contributed by atoms with Gasteiger partial charge >= 0.3 is 0 Å². The number of nitrogens with zero attached hydrogens (tertiary/aromatic N) is 2. The number of carbonyl (C=O) groups excluding carboxylic acids is 1. The summed E-state index contributed by atoms with van der Waals surface area (Å²) < 4.78 is 0. The van der Waals surface area contributed by atoms with E-state index in [0.29, 0.717) is 12.2 Å². The van der Waals surface area contributed by atoms with Gasteiger partial charge in [0.1, 0.15) is 0 Å². The van der Waals surface area contributed by atoms with Crippen molar-refractivity contribution < 1.29 is 4.79 Å². The minimum absolute atomic E-state index is 0.247. The molecule has 6 nitrogen and oxygen atoms in total. The number of hydrogen-bond donors (Lipinski definition) is 3. The molecule has 0 atom stereocenters. The Bertz CT molecular complexity index is 505. The van der Waals surface area contributed by atoms with Crippen molar-refractivity contribution >= 4 is 22.9 Å². The fraction of sp³-hybridized carbons (Fsp3) is 0.300. The molecule has 7 heteroatoms. The highest BCUT2D eigenvalue weighted by Gasteiger charge is 2.15. The highest BCUT2D eigenvalue weighted by Crippen LogP contribution is 2.14. The van der Waals surface area contributed by atoms with Crippen molar-refractivity contribution in [1.82, 2.24) is 20.5 Å². The van der Waals surface area contributed by atoms with Crippen molar-refractivity contribution in [3.05, 3.63) is 28.0 Å². The summed E-state index contributed by atoms with van der Waals surface area (Å²) in [5.74, 6) is -0.286. The monoisotopic (exact) mass is 251 g/mol. The van der Waals surface area contributed by atoms with Crippen LogP contribution in [0.4, 0.5) is 5.69 Å². The minimum Gasteiger partial charge on any atom is -0.395 e. The first-order valence-electron chi connectivity index (χ1n) is 5.20. The van der Waals surface area contributed by atoms with E-state index < -0.39 is 0 Å². The number of rotatable bonds is 4. The second-order valence-electron chi connectivity index (χ2n) is 3.48. The summed E-state index contributed by atoms with van der Waals surface area (Å²) in [7, 11) is 0. The molecule has 0 aliphatic carbocycles. The van der Waals surface area contributed by atoms with E-state index in [9.17, 15) is 4.79 Å². The van der Waals surface area contributed by atoms with Crippen LogP contribution in [-0.2, 0) is 13.0 Å². The molecule has 0 spiro atoms. The van der Waals surface area contributed by atoms with E-state index in [0.717, 1.165) is 17.8 Å². The summed E-state index contributed by atoms with van der Waals surface area (Å²) in [6.45, 7) is 2.33. The van der Waals surface area contributed by atoms with Gasteiger partial charge in [-0.2, -0.15) is 5.10 Å². The van der Waals surface area contributed by atoms with Crippen LogP contribution in [0.15, 0.2) is 10.9 Å². The largest absolute Gasteiger partial charge is 0.395 e. The number of nitrogens with two attached hydrogens (primary N) is 1. The third kappa shape index (κ3) is 2.44. The zero-order valence-electron chi connectivity index (χ0n) is 9.36. The highest BCUT2D eigenvalue weighted by atomic mass is 32.1. The Labute approximate surface area is 102 Å². The maximum atomic E-state index is 11.8. The van der Waals surface area contributed by atoms with E-state index in [1.165, 1.54) is 11.3 Å². The van der Waals surface area contributed by atoms with Gasteiger partial charge in [0.25, 0.3) is 5.91 Å². The number of nitrogens with one attached hydrogen (secondary N) is 2. The average molecular weight is 251 g/mol. The maximum absolute atomic E-state index is 11.8. The van der Waals surface area contributed by atoms with Crippen molar-refractivity contribution in [1.29, 1.82) is 0 Å². The molecule has 0 saturated carbocycles. The van der Waals surface area contributed by atoms with Gasteiger partial charge in [-0.15, -0.1) is 11.3 Å². The van der Waals surface area contributed by atoms with Gasteiger partial charge in [0.05, 0.1) is 29.1 Å². The van der Waals surface area contributed by atoms with Gasteiger partial charge in [0.15, 0.2) is 5.69 Å². The third-order valence-corrected chi connectivity index (χ3v) is 3.00. The van der Waals surface area contributed by atoms with Crippen LogP contribution in [0.25, 0.3) is 0 Å². The predicted octanol–water partition coefficient (Wildman–Crippen LogP) is 0.941. The Morgan fingerprint density at radius 1 is 1.65 bits per heavy atom. The molecule has 2 heterocycles. The highest BCUT2D eigenvalue weighted by molar-refractivity contribution is 7.07. The second-order valence-corrected chi connectivity index (χ2v) is 4.20. The number of anilines is 1. The van der Waals surface area contributed by atoms with E-state index >= 15 is 0 Å². The smallest absolute Gasteiger partial charge is 0.274 e. The molecule has 0 bridgehead atoms. The van der Waals surface area contributed by atoms with E-state index in [2.05, 4.69) is 20.5 Å². The molecule has 4 N–H and O–H groups in total. The van der Waals surface area contributed by atoms with Crippen LogP contribution < -0.4 is 11.1 Å². The zero-order chi connectivity index (χ0) is 12.3. The van der Waals surface area contributed by atoms with Gasteiger partial charge < -0.3 is 11.1 Å². The Hall–Kier alpha value is -1.89. The molecule has 1 amide bonds. The maximum Gasteiger partial charge on any atom is 0.274 e. The van der Waals surface area contributed by atoms with Crippen LogP contribution in [0.1, 0.15) is 28.8 Å². The molecule has 0 unspecified atom stereocenters. The number of aromatic nitrogens is 3. The standard InChI is InChI=1S/C10H13N5OS/c1-2-7-8(11)9(15-14-7)10(16)12-3-6-4-17-5-13-6/h4-5H,2-3,11H2,1H3,(H,12,16)(H,14,15). The number of aromatic amines is 1. The van der Waals surface area contributed by atoms with Gasteiger partial charge in [0, 0.05) is 5.38 Å². The van der Waals surface area contributed by atoms with Crippen molar-refractivity contribution in [2.75, 3.05) is 5.73 Å². The summed E-state index contributed by atoms with van der Waals surface area (Å²) in [6, 6.07) is 0. The molecule has 0 aliphatic heterocycles. The number of amides is 1. The first kappa shape index (κ1) is 11.6. The molecule has 0 saturated heterocycles. The topological polar surface area (TPSA) is 96.7 Å². The lowest BCUT2D eigenvalue weighted by atomic mass is 10.2. The Kier molecular flexibility index (Phi) is 3.38. The fourth-order valence-corrected chi connectivity index (χ4v) is 1.97. The lowest BCUT2D eigenvalue weighted by Gasteiger charge is -2.01. The van der Waals surface area contributed by atoms with Crippen LogP contribution in [0.3, 0.4) is 0 Å². The van der Waals surface area contributed by atoms with Crippen LogP contribution in [0, 0.1) is 0 Å². The number of carbonyl (C=O) groups is 1. The molecule has 2 aromatic heterocycles. The predicted molar refractivity (Wildman–Crippen MR) is 65.7 cm³/mol. The fourth-order valence-electron chi connectivity index (χ4n) is 1.41. The van der Waals surface area contributed by atoms with Gasteiger partial charge in [0.2, 0.25) is 0 Å². The van der Waals surface area contributed by atoms with Crippen LogP contribution >= 0.6 is 11.3 Å². The number of thiazole rings is 1. The van der Waals surface area contributed by atoms with E-state index in [1.807, 2.05) is 12.3 Å². The molecule has 0 radical (unpaired) electrons. The van der Waals surface area contributed by atoms with Gasteiger partial charge in [-0.1, -0.05) is 6.92 Å². The molecule has 0 fully saturated rings. The normalized spacial score (nSPS) is 10.4. The summed E-state index contributed by atoms with van der Waals surface area (Å²) in [6.07, 6.45) is 0.720. The average Bonchev–Trinajstić information content (AvgIpc) is 2.95. The van der Waals surface area contributed by atoms with Crippen molar-refractivity contribution in [2.45, 2.75) is 19.9 Å². The Morgan fingerprint density at radius 3 is 3.06 bits per heavy atom. The number of hydrogen-bond acceptors (Lipinski definition) is 5. The molecule has 0 aliphatic rings. The lowest BCUT2D eigenvalue weighted by molar-refractivity contribution is 0.0946. The number of H-pyrrole nitrogens is 1. The molecule has 90 valence electrons. The van der Waals surface area contributed by atoms with Crippen molar-refractivity contribution in [2.24, 2.45) is 0 Å². The minimum atomic E-state index is -0.286. The summed E-state index contributed by atoms with van der Waals surface area (Å²) >= 11 is 1.49. The van der Waals surface area contributed by atoms with Crippen LogP contribution in [0.5, 0.6) is 0 Å². The molecular weight excluding hydrogens is 238 g/mol.